The van der Waals surface area contributed by atoms with Gasteiger partial charge in [0.15, 0.2) is 5.69 Å². The number of aromatic nitrogens is 2. The minimum atomic E-state index is -0.692. The first-order valence-corrected chi connectivity index (χ1v) is 11.3. The number of nitrogens with one attached hydrogen (secondary N) is 2. The summed E-state index contributed by atoms with van der Waals surface area (Å²) in [5, 5.41) is 20.4. The molecule has 0 aliphatic heterocycles. The van der Waals surface area contributed by atoms with Crippen molar-refractivity contribution in [2.24, 2.45) is 5.41 Å². The zero-order chi connectivity index (χ0) is 24.5. The highest BCUT2D eigenvalue weighted by Gasteiger charge is 2.36. The quantitative estimate of drug-likeness (QED) is 0.563. The number of methoxy groups -OCH3 is 1. The van der Waals surface area contributed by atoms with E-state index in [-0.39, 0.29) is 17.6 Å². The first-order chi connectivity index (χ1) is 16.2. The van der Waals surface area contributed by atoms with Crippen molar-refractivity contribution in [3.8, 4) is 11.8 Å². The second-order valence-electron chi connectivity index (χ2n) is 9.72. The molecule has 2 amide bonds. The summed E-state index contributed by atoms with van der Waals surface area (Å²) in [7, 11) is 1.55. The molecule has 0 saturated heterocycles. The third-order valence-electron chi connectivity index (χ3n) is 5.94. The maximum Gasteiger partial charge on any atom is 0.273 e. The summed E-state index contributed by atoms with van der Waals surface area (Å²) in [5.74, 6) is 0.0104. The number of benzene rings is 2. The van der Waals surface area contributed by atoms with Gasteiger partial charge in [0.2, 0.25) is 5.91 Å². The monoisotopic (exact) mass is 459 g/mol. The van der Waals surface area contributed by atoms with Gasteiger partial charge in [-0.25, -0.2) is 0 Å². The van der Waals surface area contributed by atoms with E-state index in [0.717, 1.165) is 23.9 Å². The lowest BCUT2D eigenvalue weighted by Crippen LogP contribution is -2.54. The summed E-state index contributed by atoms with van der Waals surface area (Å²) >= 11 is 0. The van der Waals surface area contributed by atoms with E-state index in [1.165, 1.54) is 0 Å². The topological polar surface area (TPSA) is 109 Å². The number of carbonyl (C=O) groups excluding carboxylic acids is 2. The van der Waals surface area contributed by atoms with Crippen molar-refractivity contribution < 1.29 is 14.3 Å². The molecular formula is C26H29N5O3. The molecule has 0 unspecified atom stereocenters. The smallest absolute Gasteiger partial charge is 0.273 e. The molecule has 0 spiro atoms. The lowest BCUT2D eigenvalue weighted by atomic mass is 9.86. The van der Waals surface area contributed by atoms with Crippen LogP contribution in [0.5, 0.6) is 5.75 Å². The van der Waals surface area contributed by atoms with Crippen molar-refractivity contribution in [2.45, 2.75) is 52.2 Å². The van der Waals surface area contributed by atoms with E-state index in [9.17, 15) is 9.59 Å². The standard InChI is InChI=1S/C26H29N5O3/c1-26(2,3)23(25(33)28-18-11-12-18)29-24(32)22-19-7-5-6-8-20(19)31(30-22)15-17-10-9-16(14-27)13-21(17)34-4/h5-10,13,18,23H,11-12,15H2,1-4H3,(H,28,33)(H,29,32)/t23-/m1/s1. The zero-order valence-corrected chi connectivity index (χ0v) is 19.9. The Morgan fingerprint density at radius 1 is 1.24 bits per heavy atom. The Bertz CT molecular complexity index is 1280. The molecular weight excluding hydrogens is 430 g/mol. The SMILES string of the molecule is COc1cc(C#N)ccc1Cn1nc(C(=O)N[C@H](C(=O)NC2CC2)C(C)(C)C)c2ccccc21. The average molecular weight is 460 g/mol. The number of para-hydroxylation sites is 1. The van der Waals surface area contributed by atoms with E-state index in [0.29, 0.717) is 23.2 Å². The van der Waals surface area contributed by atoms with Crippen molar-refractivity contribution in [1.29, 1.82) is 5.26 Å². The number of hydrogen-bond donors (Lipinski definition) is 2. The minimum Gasteiger partial charge on any atom is -0.496 e. The lowest BCUT2D eigenvalue weighted by molar-refractivity contribution is -0.125. The summed E-state index contributed by atoms with van der Waals surface area (Å²) < 4.78 is 7.20. The second-order valence-corrected chi connectivity index (χ2v) is 9.72. The minimum absolute atomic E-state index is 0.172. The number of ether oxygens (including phenoxy) is 1. The Balaban J connectivity index is 1.65. The van der Waals surface area contributed by atoms with E-state index in [1.54, 1.807) is 23.9 Å². The molecule has 0 bridgehead atoms. The van der Waals surface area contributed by atoms with Gasteiger partial charge in [0, 0.05) is 17.0 Å². The highest BCUT2D eigenvalue weighted by Crippen LogP contribution is 2.26. The van der Waals surface area contributed by atoms with Crippen LogP contribution in [0.4, 0.5) is 0 Å². The van der Waals surface area contributed by atoms with Crippen LogP contribution in [0, 0.1) is 16.7 Å². The van der Waals surface area contributed by atoms with Gasteiger partial charge in [-0.15, -0.1) is 0 Å². The largest absolute Gasteiger partial charge is 0.496 e. The Labute approximate surface area is 198 Å². The molecule has 3 aromatic rings. The molecule has 1 saturated carbocycles. The van der Waals surface area contributed by atoms with E-state index in [2.05, 4.69) is 21.8 Å². The van der Waals surface area contributed by atoms with Crippen LogP contribution in [0.25, 0.3) is 10.9 Å². The molecule has 176 valence electrons. The Hall–Kier alpha value is -3.86. The summed E-state index contributed by atoms with van der Waals surface area (Å²) in [4.78, 5) is 26.2. The fourth-order valence-corrected chi connectivity index (χ4v) is 3.91. The first kappa shape index (κ1) is 23.3. The van der Waals surface area contributed by atoms with Crippen LogP contribution < -0.4 is 15.4 Å². The van der Waals surface area contributed by atoms with Gasteiger partial charge >= 0.3 is 0 Å². The molecule has 0 radical (unpaired) electrons. The lowest BCUT2D eigenvalue weighted by Gasteiger charge is -2.30. The van der Waals surface area contributed by atoms with E-state index in [1.807, 2.05) is 51.1 Å². The highest BCUT2D eigenvalue weighted by molar-refractivity contribution is 6.06. The Morgan fingerprint density at radius 2 is 1.97 bits per heavy atom. The van der Waals surface area contributed by atoms with Crippen molar-refractivity contribution in [2.75, 3.05) is 7.11 Å². The van der Waals surface area contributed by atoms with Gasteiger partial charge in [-0.05, 0) is 36.5 Å². The van der Waals surface area contributed by atoms with Crippen molar-refractivity contribution >= 4 is 22.7 Å². The van der Waals surface area contributed by atoms with Crippen LogP contribution in [0.2, 0.25) is 0 Å². The maximum atomic E-state index is 13.4. The van der Waals surface area contributed by atoms with E-state index in [4.69, 9.17) is 10.00 Å². The van der Waals surface area contributed by atoms with Crippen molar-refractivity contribution in [1.82, 2.24) is 20.4 Å². The molecule has 8 heteroatoms. The Morgan fingerprint density at radius 3 is 2.62 bits per heavy atom. The van der Waals surface area contributed by atoms with Gasteiger partial charge in [-0.3, -0.25) is 14.3 Å². The van der Waals surface area contributed by atoms with Crippen LogP contribution in [0.3, 0.4) is 0 Å². The predicted molar refractivity (Wildman–Crippen MR) is 128 cm³/mol. The molecule has 8 nitrogen and oxygen atoms in total. The fourth-order valence-electron chi connectivity index (χ4n) is 3.91. The number of fused-ring (bicyclic) bond motifs is 1. The summed E-state index contributed by atoms with van der Waals surface area (Å²) in [6.45, 7) is 6.14. The van der Waals surface area contributed by atoms with Crippen LogP contribution in [-0.2, 0) is 11.3 Å². The molecule has 1 fully saturated rings. The van der Waals surface area contributed by atoms with E-state index < -0.39 is 17.4 Å². The van der Waals surface area contributed by atoms with Gasteiger partial charge in [-0.2, -0.15) is 10.4 Å². The highest BCUT2D eigenvalue weighted by atomic mass is 16.5. The molecule has 2 aromatic carbocycles. The number of amides is 2. The van der Waals surface area contributed by atoms with Crippen LogP contribution in [0.15, 0.2) is 42.5 Å². The molecule has 34 heavy (non-hydrogen) atoms. The zero-order valence-electron chi connectivity index (χ0n) is 19.9. The fraction of sp³-hybridized carbons (Fsp3) is 0.385. The van der Waals surface area contributed by atoms with Crippen LogP contribution >= 0.6 is 0 Å². The Kier molecular flexibility index (Phi) is 6.29. The predicted octanol–water partition coefficient (Wildman–Crippen LogP) is 3.39. The normalized spacial score (nSPS) is 14.3. The van der Waals surface area contributed by atoms with Gasteiger partial charge < -0.3 is 15.4 Å². The summed E-state index contributed by atoms with van der Waals surface area (Å²) in [6.07, 6.45) is 1.95. The van der Waals surface area contributed by atoms with Crippen LogP contribution in [0.1, 0.15) is 55.2 Å². The second kappa shape index (κ2) is 9.18. The van der Waals surface area contributed by atoms with Gasteiger partial charge in [0.25, 0.3) is 5.91 Å². The van der Waals surface area contributed by atoms with Gasteiger partial charge in [0.05, 0.1) is 30.8 Å². The molecule has 2 N–H and O–H groups in total. The first-order valence-electron chi connectivity index (χ1n) is 11.3. The summed E-state index contributed by atoms with van der Waals surface area (Å²) in [6, 6.07) is 14.3. The number of nitriles is 1. The number of carbonyl (C=O) groups is 2. The molecule has 1 aliphatic carbocycles. The van der Waals surface area contributed by atoms with Crippen molar-refractivity contribution in [3.05, 3.63) is 59.3 Å². The molecule has 4 rings (SSSR count). The van der Waals surface area contributed by atoms with Gasteiger partial charge in [0.1, 0.15) is 11.8 Å². The van der Waals surface area contributed by atoms with E-state index >= 15 is 0 Å². The van der Waals surface area contributed by atoms with Crippen molar-refractivity contribution in [3.63, 3.8) is 0 Å². The number of rotatable bonds is 7. The third kappa shape index (κ3) is 4.88. The van der Waals surface area contributed by atoms with Crippen LogP contribution in [-0.4, -0.2) is 40.8 Å². The molecule has 1 aliphatic rings. The molecule has 1 aromatic heterocycles. The summed E-state index contributed by atoms with van der Waals surface area (Å²) in [5.41, 5.74) is 1.91. The molecule has 1 atom stereocenters. The average Bonchev–Trinajstić information content (AvgIpc) is 3.55. The van der Waals surface area contributed by atoms with Gasteiger partial charge in [-0.1, -0.05) is 45.0 Å². The third-order valence-corrected chi connectivity index (χ3v) is 5.94. The number of nitrogens with zero attached hydrogens (tertiary/aromatic N) is 3. The number of hydrogen-bond acceptors (Lipinski definition) is 5. The maximum absolute atomic E-state index is 13.4. The molecule has 1 heterocycles.